The molecule has 2 N–H and O–H groups in total. The molecule has 0 radical (unpaired) electrons. The number of aryl methyl sites for hydroxylation is 1. The minimum atomic E-state index is -0.0299. The predicted octanol–water partition coefficient (Wildman–Crippen LogP) is 1.94. The largest absolute Gasteiger partial charge is 0.353 e. The SMILES string of the molecule is CC(=O)NCC1=CCCN(CC(=O)NC(C)c2ccc(C)cc2)C1. The number of nitrogens with zero attached hydrogens (tertiary/aromatic N) is 1. The van der Waals surface area contributed by atoms with Crippen LogP contribution in [0.2, 0.25) is 0 Å². The summed E-state index contributed by atoms with van der Waals surface area (Å²) in [4.78, 5) is 25.4. The second-order valence-corrected chi connectivity index (χ2v) is 6.47. The van der Waals surface area contributed by atoms with Crippen molar-refractivity contribution in [3.8, 4) is 0 Å². The molecule has 1 unspecified atom stereocenters. The fourth-order valence-electron chi connectivity index (χ4n) is 2.81. The lowest BCUT2D eigenvalue weighted by Gasteiger charge is -2.27. The molecule has 0 fully saturated rings. The average molecular weight is 329 g/mol. The molecule has 1 aromatic rings. The van der Waals surface area contributed by atoms with E-state index in [-0.39, 0.29) is 17.9 Å². The molecule has 0 saturated heterocycles. The number of hydrogen-bond acceptors (Lipinski definition) is 3. The van der Waals surface area contributed by atoms with Gasteiger partial charge in [0, 0.05) is 26.6 Å². The van der Waals surface area contributed by atoms with Gasteiger partial charge in [0.15, 0.2) is 0 Å². The van der Waals surface area contributed by atoms with Crippen molar-refractivity contribution in [2.45, 2.75) is 33.2 Å². The van der Waals surface area contributed by atoms with Crippen molar-refractivity contribution in [2.24, 2.45) is 0 Å². The van der Waals surface area contributed by atoms with Crippen LogP contribution in [0.15, 0.2) is 35.9 Å². The van der Waals surface area contributed by atoms with Crippen LogP contribution < -0.4 is 10.6 Å². The molecule has 1 heterocycles. The van der Waals surface area contributed by atoms with Gasteiger partial charge in [0.2, 0.25) is 11.8 Å². The molecule has 1 atom stereocenters. The van der Waals surface area contributed by atoms with Crippen molar-refractivity contribution in [3.05, 3.63) is 47.0 Å². The minimum Gasteiger partial charge on any atom is -0.353 e. The van der Waals surface area contributed by atoms with Crippen molar-refractivity contribution in [1.29, 1.82) is 0 Å². The van der Waals surface area contributed by atoms with E-state index in [2.05, 4.69) is 52.8 Å². The molecule has 0 spiro atoms. The minimum absolute atomic E-state index is 0.00252. The first kappa shape index (κ1) is 18.2. The molecule has 2 rings (SSSR count). The van der Waals surface area contributed by atoms with Gasteiger partial charge in [-0.25, -0.2) is 0 Å². The van der Waals surface area contributed by atoms with E-state index >= 15 is 0 Å². The van der Waals surface area contributed by atoms with E-state index in [9.17, 15) is 9.59 Å². The van der Waals surface area contributed by atoms with E-state index in [0.29, 0.717) is 13.1 Å². The molecule has 0 aromatic heterocycles. The van der Waals surface area contributed by atoms with Crippen LogP contribution in [0, 0.1) is 6.92 Å². The number of carbonyl (C=O) groups excluding carboxylic acids is 2. The maximum absolute atomic E-state index is 12.3. The molecule has 0 saturated carbocycles. The molecule has 130 valence electrons. The van der Waals surface area contributed by atoms with Crippen LogP contribution in [0.4, 0.5) is 0 Å². The zero-order valence-electron chi connectivity index (χ0n) is 14.8. The highest BCUT2D eigenvalue weighted by atomic mass is 16.2. The summed E-state index contributed by atoms with van der Waals surface area (Å²) < 4.78 is 0. The predicted molar refractivity (Wildman–Crippen MR) is 95.6 cm³/mol. The lowest BCUT2D eigenvalue weighted by molar-refractivity contribution is -0.123. The van der Waals surface area contributed by atoms with Gasteiger partial charge in [0.1, 0.15) is 0 Å². The van der Waals surface area contributed by atoms with Gasteiger partial charge in [-0.3, -0.25) is 14.5 Å². The van der Waals surface area contributed by atoms with Crippen LogP contribution in [0.3, 0.4) is 0 Å². The molecule has 5 nitrogen and oxygen atoms in total. The summed E-state index contributed by atoms with van der Waals surface area (Å²) in [6, 6.07) is 8.21. The van der Waals surface area contributed by atoms with Crippen molar-refractivity contribution in [3.63, 3.8) is 0 Å². The lowest BCUT2D eigenvalue weighted by Crippen LogP contribution is -2.41. The van der Waals surface area contributed by atoms with Gasteiger partial charge in [0.25, 0.3) is 0 Å². The van der Waals surface area contributed by atoms with Gasteiger partial charge >= 0.3 is 0 Å². The van der Waals surface area contributed by atoms with E-state index in [1.54, 1.807) is 0 Å². The summed E-state index contributed by atoms with van der Waals surface area (Å²) in [5.74, 6) is 0.00143. The molecule has 1 aliphatic rings. The second-order valence-electron chi connectivity index (χ2n) is 6.47. The topological polar surface area (TPSA) is 61.4 Å². The number of benzene rings is 1. The van der Waals surface area contributed by atoms with E-state index < -0.39 is 0 Å². The van der Waals surface area contributed by atoms with E-state index in [0.717, 1.165) is 30.6 Å². The van der Waals surface area contributed by atoms with Gasteiger partial charge in [-0.05, 0) is 31.4 Å². The van der Waals surface area contributed by atoms with Crippen LogP contribution >= 0.6 is 0 Å². The number of hydrogen-bond donors (Lipinski definition) is 2. The Morgan fingerprint density at radius 1 is 1.25 bits per heavy atom. The van der Waals surface area contributed by atoms with Crippen LogP contribution in [-0.4, -0.2) is 42.9 Å². The molecule has 1 aromatic carbocycles. The Labute approximate surface area is 144 Å². The van der Waals surface area contributed by atoms with Crippen molar-refractivity contribution < 1.29 is 9.59 Å². The lowest BCUT2D eigenvalue weighted by atomic mass is 10.1. The zero-order valence-corrected chi connectivity index (χ0v) is 14.8. The number of carbonyl (C=O) groups is 2. The van der Waals surface area contributed by atoms with Crippen molar-refractivity contribution >= 4 is 11.8 Å². The second kappa shape index (κ2) is 8.64. The first-order chi connectivity index (χ1) is 11.4. The first-order valence-corrected chi connectivity index (χ1v) is 8.44. The Morgan fingerprint density at radius 3 is 2.62 bits per heavy atom. The van der Waals surface area contributed by atoms with Crippen LogP contribution in [0.1, 0.15) is 37.4 Å². The van der Waals surface area contributed by atoms with Crippen LogP contribution in [-0.2, 0) is 9.59 Å². The van der Waals surface area contributed by atoms with Crippen molar-refractivity contribution in [1.82, 2.24) is 15.5 Å². The Morgan fingerprint density at radius 2 is 1.96 bits per heavy atom. The van der Waals surface area contributed by atoms with E-state index in [1.807, 2.05) is 6.92 Å². The van der Waals surface area contributed by atoms with E-state index in [1.165, 1.54) is 12.5 Å². The molecule has 24 heavy (non-hydrogen) atoms. The highest BCUT2D eigenvalue weighted by Gasteiger charge is 2.17. The number of rotatable bonds is 6. The maximum Gasteiger partial charge on any atom is 0.234 e. The fraction of sp³-hybridized carbons (Fsp3) is 0.474. The highest BCUT2D eigenvalue weighted by molar-refractivity contribution is 5.78. The Hall–Kier alpha value is -2.14. The van der Waals surface area contributed by atoms with Gasteiger partial charge in [0.05, 0.1) is 12.6 Å². The Balaban J connectivity index is 1.80. The van der Waals surface area contributed by atoms with Crippen LogP contribution in [0.5, 0.6) is 0 Å². The fourth-order valence-corrected chi connectivity index (χ4v) is 2.81. The highest BCUT2D eigenvalue weighted by Crippen LogP contribution is 2.13. The third-order valence-corrected chi connectivity index (χ3v) is 4.19. The number of nitrogens with one attached hydrogen (secondary N) is 2. The average Bonchev–Trinajstić information content (AvgIpc) is 2.53. The molecule has 1 aliphatic heterocycles. The first-order valence-electron chi connectivity index (χ1n) is 8.44. The molecular formula is C19H27N3O2. The Bertz CT molecular complexity index is 608. The van der Waals surface area contributed by atoms with Gasteiger partial charge in [-0.15, -0.1) is 0 Å². The smallest absolute Gasteiger partial charge is 0.234 e. The normalized spacial score (nSPS) is 16.2. The summed E-state index contributed by atoms with van der Waals surface area (Å²) in [6.45, 7) is 8.11. The monoisotopic (exact) mass is 329 g/mol. The van der Waals surface area contributed by atoms with Gasteiger partial charge < -0.3 is 10.6 Å². The summed E-state index contributed by atoms with van der Waals surface area (Å²) in [7, 11) is 0. The quantitative estimate of drug-likeness (QED) is 0.784. The van der Waals surface area contributed by atoms with E-state index in [4.69, 9.17) is 0 Å². The Kier molecular flexibility index (Phi) is 6.55. The summed E-state index contributed by atoms with van der Waals surface area (Å²) in [6.07, 6.45) is 3.06. The molecular weight excluding hydrogens is 302 g/mol. The zero-order chi connectivity index (χ0) is 17.5. The maximum atomic E-state index is 12.3. The third kappa shape index (κ3) is 5.81. The van der Waals surface area contributed by atoms with Gasteiger partial charge in [-0.2, -0.15) is 0 Å². The van der Waals surface area contributed by atoms with Crippen LogP contribution in [0.25, 0.3) is 0 Å². The standard InChI is InChI=1S/C19H27N3O2/c1-14-6-8-18(9-7-14)15(2)21-19(24)13-22-10-4-5-17(12-22)11-20-16(3)23/h5-9,15H,4,10-13H2,1-3H3,(H,20,23)(H,21,24). The summed E-state index contributed by atoms with van der Waals surface area (Å²) in [5, 5.41) is 5.87. The van der Waals surface area contributed by atoms with Gasteiger partial charge in [-0.1, -0.05) is 35.9 Å². The third-order valence-electron chi connectivity index (χ3n) is 4.19. The van der Waals surface area contributed by atoms with Crippen molar-refractivity contribution in [2.75, 3.05) is 26.2 Å². The molecule has 0 aliphatic carbocycles. The number of amides is 2. The summed E-state index contributed by atoms with van der Waals surface area (Å²) >= 11 is 0. The molecule has 5 heteroatoms. The molecule has 0 bridgehead atoms. The summed E-state index contributed by atoms with van der Waals surface area (Å²) in [5.41, 5.74) is 3.48. The molecule has 2 amide bonds.